The molecule has 36 heavy (non-hydrogen) atoms. The number of rotatable bonds is 10. The highest BCUT2D eigenvalue weighted by molar-refractivity contribution is 5.92. The molecule has 8 heteroatoms. The van der Waals surface area contributed by atoms with Gasteiger partial charge in [-0.15, -0.1) is 0 Å². The minimum atomic E-state index is -0.299. The molecule has 4 aromatic rings. The number of hydrogen-bond acceptors (Lipinski definition) is 7. The van der Waals surface area contributed by atoms with Crippen LogP contribution in [0.3, 0.4) is 0 Å². The molecule has 182 valence electrons. The lowest BCUT2D eigenvalue weighted by Crippen LogP contribution is -2.23. The summed E-state index contributed by atoms with van der Waals surface area (Å²) in [4.78, 5) is 19.0. The summed E-state index contributed by atoms with van der Waals surface area (Å²) in [6.07, 6.45) is 7.77. The molecule has 1 N–H and O–H groups in total. The molecule has 2 aromatic heterocycles. The number of aromatic nitrogens is 2. The van der Waals surface area contributed by atoms with Crippen LogP contribution in [0.25, 0.3) is 6.08 Å². The first-order valence-corrected chi connectivity index (χ1v) is 11.7. The second kappa shape index (κ2) is 11.3. The first-order chi connectivity index (χ1) is 17.7. The molecule has 5 rings (SSSR count). The van der Waals surface area contributed by atoms with Crippen molar-refractivity contribution in [2.24, 2.45) is 0 Å². The smallest absolute Gasteiger partial charge is 0.273 e. The van der Waals surface area contributed by atoms with Crippen LogP contribution < -0.4 is 14.8 Å². The molecule has 0 radical (unpaired) electrons. The summed E-state index contributed by atoms with van der Waals surface area (Å²) < 4.78 is 16.2. The van der Waals surface area contributed by atoms with Crippen LogP contribution in [0.15, 0.2) is 89.7 Å². The Morgan fingerprint density at radius 2 is 1.78 bits per heavy atom. The van der Waals surface area contributed by atoms with Crippen molar-refractivity contribution in [1.82, 2.24) is 20.4 Å². The van der Waals surface area contributed by atoms with E-state index in [1.165, 1.54) is 0 Å². The molecule has 1 aliphatic heterocycles. The maximum Gasteiger partial charge on any atom is 0.273 e. The number of amides is 1. The molecule has 1 amide bonds. The second-order valence-corrected chi connectivity index (χ2v) is 8.39. The summed E-state index contributed by atoms with van der Waals surface area (Å²) in [6, 6.07) is 21.4. The first-order valence-electron chi connectivity index (χ1n) is 11.7. The zero-order valence-electron chi connectivity index (χ0n) is 19.7. The number of hydrogen-bond donors (Lipinski definition) is 1. The maximum atomic E-state index is 12.6. The fraction of sp³-hybridized carbons (Fsp3) is 0.179. The normalized spacial score (nSPS) is 12.4. The highest BCUT2D eigenvalue weighted by atomic mass is 16.7. The summed E-state index contributed by atoms with van der Waals surface area (Å²) in [5, 5.41) is 6.86. The number of pyridine rings is 1. The van der Waals surface area contributed by atoms with Crippen LogP contribution >= 0.6 is 0 Å². The van der Waals surface area contributed by atoms with Crippen LogP contribution in [0.1, 0.15) is 32.9 Å². The molecule has 0 aliphatic carbocycles. The lowest BCUT2D eigenvalue weighted by atomic mass is 10.2. The Hall–Kier alpha value is -4.43. The number of benzene rings is 2. The molecular formula is C28H26N4O4. The molecule has 1 aliphatic rings. The Labute approximate surface area is 209 Å². The molecule has 2 aromatic carbocycles. The van der Waals surface area contributed by atoms with E-state index in [1.54, 1.807) is 18.5 Å². The largest absolute Gasteiger partial charge is 0.454 e. The monoisotopic (exact) mass is 482 g/mol. The first kappa shape index (κ1) is 23.3. The van der Waals surface area contributed by atoms with E-state index in [0.717, 1.165) is 16.7 Å². The van der Waals surface area contributed by atoms with Crippen molar-refractivity contribution in [3.8, 4) is 11.5 Å². The summed E-state index contributed by atoms with van der Waals surface area (Å²) in [7, 11) is 0. The molecule has 0 atom stereocenters. The standard InChI is InChI=1S/C28H26N4O4/c33-28(30-17-23-8-9-26-27(15-23)35-20-34-26)25-16-24(36-31-25)19-32(18-22-10-12-29-13-11-22)14-4-7-21-5-2-1-3-6-21/h1-13,15-16H,14,17-20H2,(H,30,33). The Morgan fingerprint density at radius 3 is 2.64 bits per heavy atom. The molecule has 0 bridgehead atoms. The fourth-order valence-corrected chi connectivity index (χ4v) is 3.87. The van der Waals surface area contributed by atoms with Crippen molar-refractivity contribution in [2.45, 2.75) is 19.6 Å². The van der Waals surface area contributed by atoms with Crippen molar-refractivity contribution in [3.05, 3.63) is 113 Å². The van der Waals surface area contributed by atoms with E-state index in [-0.39, 0.29) is 18.4 Å². The van der Waals surface area contributed by atoms with Gasteiger partial charge in [0.25, 0.3) is 5.91 Å². The zero-order valence-corrected chi connectivity index (χ0v) is 19.7. The van der Waals surface area contributed by atoms with Crippen molar-refractivity contribution < 1.29 is 18.8 Å². The number of nitrogens with zero attached hydrogens (tertiary/aromatic N) is 3. The highest BCUT2D eigenvalue weighted by Gasteiger charge is 2.17. The predicted octanol–water partition coefficient (Wildman–Crippen LogP) is 4.44. The topological polar surface area (TPSA) is 89.7 Å². The van der Waals surface area contributed by atoms with E-state index in [9.17, 15) is 4.79 Å². The zero-order chi connectivity index (χ0) is 24.6. The average Bonchev–Trinajstić information content (AvgIpc) is 3.58. The Kier molecular flexibility index (Phi) is 7.34. The average molecular weight is 483 g/mol. The van der Waals surface area contributed by atoms with Gasteiger partial charge in [-0.05, 0) is 41.0 Å². The van der Waals surface area contributed by atoms with Gasteiger partial charge in [-0.2, -0.15) is 0 Å². The van der Waals surface area contributed by atoms with Crippen molar-refractivity contribution in [2.75, 3.05) is 13.3 Å². The van der Waals surface area contributed by atoms with Gasteiger partial charge in [-0.3, -0.25) is 14.7 Å². The molecule has 3 heterocycles. The minimum Gasteiger partial charge on any atom is -0.454 e. The molecule has 0 unspecified atom stereocenters. The van der Waals surface area contributed by atoms with Gasteiger partial charge in [0.05, 0.1) is 6.54 Å². The number of carbonyl (C=O) groups is 1. The molecular weight excluding hydrogens is 456 g/mol. The molecule has 0 fully saturated rings. The summed E-state index contributed by atoms with van der Waals surface area (Å²) in [5.41, 5.74) is 3.43. The molecule has 0 spiro atoms. The number of carbonyl (C=O) groups excluding carboxylic acids is 1. The van der Waals surface area contributed by atoms with Crippen LogP contribution in [-0.4, -0.2) is 34.3 Å². The maximum absolute atomic E-state index is 12.6. The van der Waals surface area contributed by atoms with Gasteiger partial charge in [-0.25, -0.2) is 0 Å². The number of fused-ring (bicyclic) bond motifs is 1. The van der Waals surface area contributed by atoms with Gasteiger partial charge in [0.15, 0.2) is 23.0 Å². The lowest BCUT2D eigenvalue weighted by molar-refractivity contribution is 0.0941. The van der Waals surface area contributed by atoms with Gasteiger partial charge in [0, 0.05) is 38.1 Å². The van der Waals surface area contributed by atoms with E-state index in [0.29, 0.717) is 43.4 Å². The van der Waals surface area contributed by atoms with Crippen LogP contribution in [-0.2, 0) is 19.6 Å². The molecule has 8 nitrogen and oxygen atoms in total. The van der Waals surface area contributed by atoms with E-state index < -0.39 is 0 Å². The van der Waals surface area contributed by atoms with Gasteiger partial charge in [0.1, 0.15) is 0 Å². The predicted molar refractivity (Wildman–Crippen MR) is 134 cm³/mol. The van der Waals surface area contributed by atoms with Crippen LogP contribution in [0.2, 0.25) is 0 Å². The molecule has 0 saturated carbocycles. The van der Waals surface area contributed by atoms with Gasteiger partial charge in [0.2, 0.25) is 6.79 Å². The highest BCUT2D eigenvalue weighted by Crippen LogP contribution is 2.32. The van der Waals surface area contributed by atoms with Gasteiger partial charge in [-0.1, -0.05) is 53.7 Å². The third kappa shape index (κ3) is 6.17. The van der Waals surface area contributed by atoms with E-state index in [1.807, 2.05) is 48.5 Å². The Bertz CT molecular complexity index is 1320. The number of ether oxygens (including phenoxy) is 2. The van der Waals surface area contributed by atoms with Gasteiger partial charge < -0.3 is 19.3 Å². The van der Waals surface area contributed by atoms with Crippen molar-refractivity contribution >= 4 is 12.0 Å². The number of nitrogens with one attached hydrogen (secondary N) is 1. The molecule has 0 saturated heterocycles. The Morgan fingerprint density at radius 1 is 0.944 bits per heavy atom. The van der Waals surface area contributed by atoms with E-state index >= 15 is 0 Å². The second-order valence-electron chi connectivity index (χ2n) is 8.39. The summed E-state index contributed by atoms with van der Waals surface area (Å²) >= 11 is 0. The summed E-state index contributed by atoms with van der Waals surface area (Å²) in [6.45, 7) is 2.46. The lowest BCUT2D eigenvalue weighted by Gasteiger charge is -2.19. The van der Waals surface area contributed by atoms with Crippen LogP contribution in [0, 0.1) is 0 Å². The minimum absolute atomic E-state index is 0.215. The quantitative estimate of drug-likeness (QED) is 0.357. The van der Waals surface area contributed by atoms with Crippen LogP contribution in [0.5, 0.6) is 11.5 Å². The SMILES string of the molecule is O=C(NCc1ccc2c(c1)OCO2)c1cc(CN(CC=Cc2ccccc2)Cc2ccncc2)on1. The van der Waals surface area contributed by atoms with Gasteiger partial charge >= 0.3 is 0 Å². The van der Waals surface area contributed by atoms with Crippen molar-refractivity contribution in [3.63, 3.8) is 0 Å². The summed E-state index contributed by atoms with van der Waals surface area (Å²) in [5.74, 6) is 1.71. The third-order valence-electron chi connectivity index (χ3n) is 5.69. The Balaban J connectivity index is 1.20. The third-order valence-corrected chi connectivity index (χ3v) is 5.69. The van der Waals surface area contributed by atoms with E-state index in [4.69, 9.17) is 14.0 Å². The van der Waals surface area contributed by atoms with Crippen molar-refractivity contribution in [1.29, 1.82) is 0 Å². The van der Waals surface area contributed by atoms with E-state index in [2.05, 4.69) is 44.6 Å². The fourth-order valence-electron chi connectivity index (χ4n) is 3.87. The van der Waals surface area contributed by atoms with Crippen LogP contribution in [0.4, 0.5) is 0 Å².